The predicted molar refractivity (Wildman–Crippen MR) is 88.8 cm³/mol. The van der Waals surface area contributed by atoms with Crippen molar-refractivity contribution in [3.05, 3.63) is 18.2 Å². The maximum absolute atomic E-state index is 11.9. The summed E-state index contributed by atoms with van der Waals surface area (Å²) in [5, 5.41) is 5.37. The average molecular weight is 313 g/mol. The van der Waals surface area contributed by atoms with Crippen LogP contribution in [0.1, 0.15) is 40.5 Å². The van der Waals surface area contributed by atoms with Gasteiger partial charge < -0.3 is 10.6 Å². The lowest BCUT2D eigenvalue weighted by Crippen LogP contribution is -2.38. The highest BCUT2D eigenvalue weighted by molar-refractivity contribution is 7.89. The number of benzene rings is 1. The van der Waals surface area contributed by atoms with Crippen LogP contribution in [0, 0.1) is 5.92 Å². The highest BCUT2D eigenvalue weighted by atomic mass is 32.2. The molecule has 0 aliphatic rings. The molecule has 0 spiro atoms. The maximum Gasteiger partial charge on any atom is 0.240 e. The van der Waals surface area contributed by atoms with Gasteiger partial charge in [-0.25, -0.2) is 13.6 Å². The van der Waals surface area contributed by atoms with Crippen LogP contribution in [-0.2, 0) is 10.0 Å². The van der Waals surface area contributed by atoms with E-state index in [4.69, 9.17) is 10.9 Å². The minimum atomic E-state index is -3.81. The minimum Gasteiger partial charge on any atom is -0.399 e. The van der Waals surface area contributed by atoms with Crippen molar-refractivity contribution >= 4 is 21.4 Å². The van der Waals surface area contributed by atoms with Gasteiger partial charge in [-0.05, 0) is 37.0 Å². The van der Waals surface area contributed by atoms with Crippen molar-refractivity contribution in [3.63, 3.8) is 0 Å². The van der Waals surface area contributed by atoms with E-state index in [-0.39, 0.29) is 10.9 Å². The zero-order valence-electron chi connectivity index (χ0n) is 13.3. The monoisotopic (exact) mass is 313 g/mol. The van der Waals surface area contributed by atoms with Gasteiger partial charge in [0.25, 0.3) is 0 Å². The van der Waals surface area contributed by atoms with E-state index in [1.54, 1.807) is 12.1 Å². The molecule has 4 N–H and O–H groups in total. The van der Waals surface area contributed by atoms with E-state index in [2.05, 4.69) is 32.6 Å². The Morgan fingerprint density at radius 3 is 2.19 bits per heavy atom. The van der Waals surface area contributed by atoms with Crippen molar-refractivity contribution < 1.29 is 8.42 Å². The van der Waals surface area contributed by atoms with Crippen LogP contribution in [0.5, 0.6) is 0 Å². The number of nitrogens with two attached hydrogens (primary N) is 2. The van der Waals surface area contributed by atoms with Crippen LogP contribution in [0.15, 0.2) is 23.1 Å². The smallest absolute Gasteiger partial charge is 0.240 e. The van der Waals surface area contributed by atoms with Gasteiger partial charge in [0.05, 0.1) is 5.69 Å². The summed E-state index contributed by atoms with van der Waals surface area (Å²) < 4.78 is 23.8. The summed E-state index contributed by atoms with van der Waals surface area (Å²) >= 11 is 0. The Bertz CT molecular complexity index is 566. The summed E-state index contributed by atoms with van der Waals surface area (Å²) in [5.74, 6) is 0.413. The first-order valence-electron chi connectivity index (χ1n) is 7.39. The third kappa shape index (κ3) is 4.61. The SMILES string of the molecule is CCC(CC)N(CC(C)C)c1ccc(N)cc1S(N)(=O)=O. The molecule has 0 fully saturated rings. The maximum atomic E-state index is 11.9. The first kappa shape index (κ1) is 17.8. The molecule has 5 nitrogen and oxygen atoms in total. The van der Waals surface area contributed by atoms with Crippen molar-refractivity contribution in [2.75, 3.05) is 17.2 Å². The summed E-state index contributed by atoms with van der Waals surface area (Å²) in [7, 11) is -3.81. The van der Waals surface area contributed by atoms with Crippen LogP contribution < -0.4 is 15.8 Å². The fourth-order valence-electron chi connectivity index (χ4n) is 2.56. The summed E-state index contributed by atoms with van der Waals surface area (Å²) in [6, 6.07) is 5.20. The number of hydrogen-bond acceptors (Lipinski definition) is 4. The number of anilines is 2. The number of nitrogens with zero attached hydrogens (tertiary/aromatic N) is 1. The van der Waals surface area contributed by atoms with Gasteiger partial charge >= 0.3 is 0 Å². The lowest BCUT2D eigenvalue weighted by atomic mass is 10.1. The Kier molecular flexibility index (Phi) is 6.04. The van der Waals surface area contributed by atoms with E-state index in [9.17, 15) is 8.42 Å². The molecule has 0 amide bonds. The molecule has 0 bridgehead atoms. The Hall–Kier alpha value is -1.27. The molecule has 0 saturated carbocycles. The fraction of sp³-hybridized carbons (Fsp3) is 0.600. The van der Waals surface area contributed by atoms with E-state index in [0.29, 0.717) is 17.3 Å². The molecule has 1 aromatic carbocycles. The third-order valence-corrected chi connectivity index (χ3v) is 4.48. The summed E-state index contributed by atoms with van der Waals surface area (Å²) in [5.41, 5.74) is 6.78. The van der Waals surface area contributed by atoms with Crippen molar-refractivity contribution in [1.82, 2.24) is 0 Å². The number of hydrogen-bond donors (Lipinski definition) is 2. The van der Waals surface area contributed by atoms with Crippen LogP contribution in [0.3, 0.4) is 0 Å². The van der Waals surface area contributed by atoms with Gasteiger partial charge in [0.2, 0.25) is 10.0 Å². The molecular weight excluding hydrogens is 286 g/mol. The Balaban J connectivity index is 3.43. The molecule has 0 heterocycles. The molecular formula is C15H27N3O2S. The van der Waals surface area contributed by atoms with Gasteiger partial charge in [0.1, 0.15) is 4.90 Å². The Morgan fingerprint density at radius 1 is 1.19 bits per heavy atom. The molecule has 0 aliphatic heterocycles. The molecule has 1 aromatic rings. The molecule has 0 saturated heterocycles. The summed E-state index contributed by atoms with van der Waals surface area (Å²) in [6.45, 7) is 9.22. The standard InChI is InChI=1S/C15H27N3O2S/c1-5-13(6-2)18(10-11(3)4)14-8-7-12(16)9-15(14)21(17,19)20/h7-9,11,13H,5-6,10,16H2,1-4H3,(H2,17,19,20). The van der Waals surface area contributed by atoms with Crippen LogP contribution in [0.25, 0.3) is 0 Å². The number of primary sulfonamides is 1. The van der Waals surface area contributed by atoms with Crippen LogP contribution in [0.2, 0.25) is 0 Å². The van der Waals surface area contributed by atoms with Gasteiger partial charge in [-0.1, -0.05) is 27.7 Å². The van der Waals surface area contributed by atoms with Gasteiger partial charge in [-0.2, -0.15) is 0 Å². The lowest BCUT2D eigenvalue weighted by Gasteiger charge is -2.35. The normalized spacial score (nSPS) is 12.1. The van der Waals surface area contributed by atoms with E-state index in [1.807, 2.05) is 0 Å². The van der Waals surface area contributed by atoms with Crippen molar-refractivity contribution in [2.24, 2.45) is 11.1 Å². The molecule has 6 heteroatoms. The second-order valence-electron chi connectivity index (χ2n) is 5.79. The Labute approximate surface area is 128 Å². The number of sulfonamides is 1. The number of nitrogen functional groups attached to an aromatic ring is 1. The molecule has 21 heavy (non-hydrogen) atoms. The first-order chi connectivity index (χ1) is 9.70. The van der Waals surface area contributed by atoms with Gasteiger partial charge in [-0.15, -0.1) is 0 Å². The van der Waals surface area contributed by atoms with Crippen molar-refractivity contribution in [3.8, 4) is 0 Å². The molecule has 0 atom stereocenters. The second kappa shape index (κ2) is 7.13. The van der Waals surface area contributed by atoms with E-state index in [1.165, 1.54) is 6.07 Å². The van der Waals surface area contributed by atoms with Crippen molar-refractivity contribution in [2.45, 2.75) is 51.5 Å². The van der Waals surface area contributed by atoms with Crippen molar-refractivity contribution in [1.29, 1.82) is 0 Å². The van der Waals surface area contributed by atoms with E-state index in [0.717, 1.165) is 19.4 Å². The van der Waals surface area contributed by atoms with Crippen LogP contribution >= 0.6 is 0 Å². The molecule has 0 radical (unpaired) electrons. The van der Waals surface area contributed by atoms with E-state index < -0.39 is 10.0 Å². The molecule has 0 unspecified atom stereocenters. The molecule has 0 aliphatic carbocycles. The summed E-state index contributed by atoms with van der Waals surface area (Å²) in [4.78, 5) is 2.25. The third-order valence-electron chi connectivity index (χ3n) is 3.54. The zero-order valence-corrected chi connectivity index (χ0v) is 14.2. The first-order valence-corrected chi connectivity index (χ1v) is 8.94. The van der Waals surface area contributed by atoms with Gasteiger partial charge in [-0.3, -0.25) is 0 Å². The number of rotatable bonds is 7. The molecule has 0 aromatic heterocycles. The highest BCUT2D eigenvalue weighted by Gasteiger charge is 2.24. The minimum absolute atomic E-state index is 0.107. The summed E-state index contributed by atoms with van der Waals surface area (Å²) in [6.07, 6.45) is 1.88. The Morgan fingerprint density at radius 2 is 1.76 bits per heavy atom. The topological polar surface area (TPSA) is 89.4 Å². The van der Waals surface area contributed by atoms with Crippen LogP contribution in [0.4, 0.5) is 11.4 Å². The largest absolute Gasteiger partial charge is 0.399 e. The quantitative estimate of drug-likeness (QED) is 0.757. The van der Waals surface area contributed by atoms with E-state index >= 15 is 0 Å². The highest BCUT2D eigenvalue weighted by Crippen LogP contribution is 2.30. The van der Waals surface area contributed by atoms with Crippen LogP contribution in [-0.4, -0.2) is 21.0 Å². The second-order valence-corrected chi connectivity index (χ2v) is 7.32. The fourth-order valence-corrected chi connectivity index (χ4v) is 3.34. The molecule has 1 rings (SSSR count). The average Bonchev–Trinajstić information content (AvgIpc) is 2.37. The van der Waals surface area contributed by atoms with Gasteiger partial charge in [0, 0.05) is 18.3 Å². The zero-order chi connectivity index (χ0) is 16.2. The lowest BCUT2D eigenvalue weighted by molar-refractivity contribution is 0.504. The predicted octanol–water partition coefficient (Wildman–Crippen LogP) is 2.57. The van der Waals surface area contributed by atoms with Gasteiger partial charge in [0.15, 0.2) is 0 Å². The molecule has 120 valence electrons.